The summed E-state index contributed by atoms with van der Waals surface area (Å²) in [5, 5.41) is 3.23. The Morgan fingerprint density at radius 1 is 1.50 bits per heavy atom. The van der Waals surface area contributed by atoms with Gasteiger partial charge in [0, 0.05) is 23.2 Å². The molecule has 1 aromatic rings. The second-order valence-electron chi connectivity index (χ2n) is 4.47. The molecule has 2 nitrogen and oxygen atoms in total. The van der Waals surface area contributed by atoms with Crippen LogP contribution in [0.2, 0.25) is 0 Å². The van der Waals surface area contributed by atoms with E-state index in [1.54, 1.807) is 0 Å². The van der Waals surface area contributed by atoms with Crippen molar-refractivity contribution >= 4 is 21.6 Å². The van der Waals surface area contributed by atoms with Gasteiger partial charge in [-0.15, -0.1) is 0 Å². The van der Waals surface area contributed by atoms with Gasteiger partial charge in [-0.05, 0) is 56.6 Å². The molecule has 2 rings (SSSR count). The highest BCUT2D eigenvalue weighted by atomic mass is 79.9. The zero-order valence-electron chi connectivity index (χ0n) is 9.96. The Balaban J connectivity index is 2.15. The Hall–Kier alpha value is -0.540. The molecule has 1 aliphatic rings. The number of benzene rings is 1. The minimum absolute atomic E-state index is 0.682. The number of fused-ring (bicyclic) bond motifs is 1. The number of aryl methyl sites for hydroxylation is 1. The number of anilines is 1. The van der Waals surface area contributed by atoms with Gasteiger partial charge in [-0.1, -0.05) is 15.9 Å². The van der Waals surface area contributed by atoms with E-state index in [0.717, 1.165) is 6.54 Å². The SMILES string of the molecule is CNCCC1CCc2cc(Br)ccc2N1C. The van der Waals surface area contributed by atoms with Gasteiger partial charge in [0.1, 0.15) is 0 Å². The third kappa shape index (κ3) is 2.41. The van der Waals surface area contributed by atoms with Gasteiger partial charge in [0.05, 0.1) is 0 Å². The monoisotopic (exact) mass is 282 g/mol. The third-order valence-corrected chi connectivity index (χ3v) is 3.94. The maximum atomic E-state index is 3.54. The van der Waals surface area contributed by atoms with E-state index in [1.807, 2.05) is 7.05 Å². The van der Waals surface area contributed by atoms with Gasteiger partial charge in [0.25, 0.3) is 0 Å². The summed E-state index contributed by atoms with van der Waals surface area (Å²) in [7, 11) is 4.24. The van der Waals surface area contributed by atoms with E-state index in [9.17, 15) is 0 Å². The molecule has 0 spiro atoms. The average molecular weight is 283 g/mol. The Kier molecular flexibility index (Phi) is 3.87. The molecule has 0 aromatic heterocycles. The smallest absolute Gasteiger partial charge is 0.0399 e. The third-order valence-electron chi connectivity index (χ3n) is 3.44. The highest BCUT2D eigenvalue weighted by Crippen LogP contribution is 2.32. The van der Waals surface area contributed by atoms with Crippen LogP contribution < -0.4 is 10.2 Å². The van der Waals surface area contributed by atoms with Crippen LogP contribution in [0.1, 0.15) is 18.4 Å². The van der Waals surface area contributed by atoms with Crippen molar-refractivity contribution in [2.75, 3.05) is 25.5 Å². The van der Waals surface area contributed by atoms with E-state index in [4.69, 9.17) is 0 Å². The molecule has 16 heavy (non-hydrogen) atoms. The highest BCUT2D eigenvalue weighted by Gasteiger charge is 2.22. The summed E-state index contributed by atoms with van der Waals surface area (Å²) in [5.41, 5.74) is 2.87. The molecule has 1 aliphatic heterocycles. The summed E-state index contributed by atoms with van der Waals surface area (Å²) in [6.45, 7) is 1.10. The summed E-state index contributed by atoms with van der Waals surface area (Å²) in [6, 6.07) is 7.29. The summed E-state index contributed by atoms with van der Waals surface area (Å²) in [6.07, 6.45) is 3.69. The first kappa shape index (κ1) is 11.9. The Morgan fingerprint density at radius 2 is 2.31 bits per heavy atom. The molecule has 0 bridgehead atoms. The lowest BCUT2D eigenvalue weighted by atomic mass is 9.94. The minimum atomic E-state index is 0.682. The largest absolute Gasteiger partial charge is 0.371 e. The lowest BCUT2D eigenvalue weighted by Gasteiger charge is -2.36. The number of halogens is 1. The van der Waals surface area contributed by atoms with Crippen LogP contribution in [0.25, 0.3) is 0 Å². The summed E-state index contributed by atoms with van der Waals surface area (Å²) in [5.74, 6) is 0. The summed E-state index contributed by atoms with van der Waals surface area (Å²) < 4.78 is 1.19. The zero-order valence-corrected chi connectivity index (χ0v) is 11.5. The van der Waals surface area contributed by atoms with Crippen molar-refractivity contribution in [2.45, 2.75) is 25.3 Å². The topological polar surface area (TPSA) is 15.3 Å². The maximum absolute atomic E-state index is 3.54. The van der Waals surface area contributed by atoms with Crippen LogP contribution >= 0.6 is 15.9 Å². The molecule has 0 radical (unpaired) electrons. The standard InChI is InChI=1S/C13H19BrN2/c1-15-8-7-12-5-3-10-9-11(14)4-6-13(10)16(12)2/h4,6,9,12,15H,3,5,7-8H2,1-2H3. The molecule has 0 amide bonds. The van der Waals surface area contributed by atoms with Gasteiger partial charge in [0.15, 0.2) is 0 Å². The van der Waals surface area contributed by atoms with Crippen molar-refractivity contribution < 1.29 is 0 Å². The Labute approximate surface area is 106 Å². The highest BCUT2D eigenvalue weighted by molar-refractivity contribution is 9.10. The average Bonchev–Trinajstić information content (AvgIpc) is 2.28. The first-order valence-electron chi connectivity index (χ1n) is 5.88. The fourth-order valence-electron chi connectivity index (χ4n) is 2.46. The number of hydrogen-bond acceptors (Lipinski definition) is 2. The second-order valence-corrected chi connectivity index (χ2v) is 5.38. The molecule has 0 fully saturated rings. The predicted molar refractivity (Wildman–Crippen MR) is 73.2 cm³/mol. The van der Waals surface area contributed by atoms with Gasteiger partial charge in [-0.3, -0.25) is 0 Å². The maximum Gasteiger partial charge on any atom is 0.0399 e. The summed E-state index contributed by atoms with van der Waals surface area (Å²) >= 11 is 3.54. The van der Waals surface area contributed by atoms with E-state index < -0.39 is 0 Å². The van der Waals surface area contributed by atoms with Gasteiger partial charge in [0.2, 0.25) is 0 Å². The van der Waals surface area contributed by atoms with E-state index >= 15 is 0 Å². The number of rotatable bonds is 3. The van der Waals surface area contributed by atoms with Gasteiger partial charge in [-0.25, -0.2) is 0 Å². The minimum Gasteiger partial charge on any atom is -0.371 e. The molecule has 88 valence electrons. The fourth-order valence-corrected chi connectivity index (χ4v) is 2.87. The second kappa shape index (κ2) is 5.19. The lowest BCUT2D eigenvalue weighted by Crippen LogP contribution is -2.37. The van der Waals surface area contributed by atoms with Gasteiger partial charge in [-0.2, -0.15) is 0 Å². The molecular formula is C13H19BrN2. The van der Waals surface area contributed by atoms with Crippen LogP contribution in [0.5, 0.6) is 0 Å². The van der Waals surface area contributed by atoms with Crippen molar-refractivity contribution in [1.29, 1.82) is 0 Å². The number of hydrogen-bond donors (Lipinski definition) is 1. The van der Waals surface area contributed by atoms with Gasteiger partial charge < -0.3 is 10.2 Å². The van der Waals surface area contributed by atoms with Crippen molar-refractivity contribution in [3.63, 3.8) is 0 Å². The molecule has 0 saturated heterocycles. The Bertz CT molecular complexity index is 365. The lowest BCUT2D eigenvalue weighted by molar-refractivity contribution is 0.510. The van der Waals surface area contributed by atoms with E-state index in [2.05, 4.69) is 51.4 Å². The van der Waals surface area contributed by atoms with Crippen LogP contribution in [0.4, 0.5) is 5.69 Å². The quantitative estimate of drug-likeness (QED) is 0.917. The predicted octanol–water partition coefficient (Wildman–Crippen LogP) is 2.81. The van der Waals surface area contributed by atoms with E-state index in [-0.39, 0.29) is 0 Å². The van der Waals surface area contributed by atoms with Crippen LogP contribution in [-0.4, -0.2) is 26.7 Å². The van der Waals surface area contributed by atoms with Crippen molar-refractivity contribution in [1.82, 2.24) is 5.32 Å². The molecule has 1 N–H and O–H groups in total. The van der Waals surface area contributed by atoms with E-state index in [0.29, 0.717) is 6.04 Å². The molecule has 3 heteroatoms. The molecule has 0 aliphatic carbocycles. The molecule has 0 saturated carbocycles. The van der Waals surface area contributed by atoms with Crippen LogP contribution in [0.15, 0.2) is 22.7 Å². The van der Waals surface area contributed by atoms with Gasteiger partial charge >= 0.3 is 0 Å². The fraction of sp³-hybridized carbons (Fsp3) is 0.538. The molecule has 1 atom stereocenters. The molecule has 1 aromatic carbocycles. The number of nitrogens with zero attached hydrogens (tertiary/aromatic N) is 1. The van der Waals surface area contributed by atoms with E-state index in [1.165, 1.54) is 35.0 Å². The zero-order chi connectivity index (χ0) is 11.5. The number of nitrogens with one attached hydrogen (secondary N) is 1. The Morgan fingerprint density at radius 3 is 3.06 bits per heavy atom. The first-order chi connectivity index (χ1) is 7.72. The van der Waals surface area contributed by atoms with Crippen molar-refractivity contribution in [3.8, 4) is 0 Å². The first-order valence-corrected chi connectivity index (χ1v) is 6.67. The van der Waals surface area contributed by atoms with Crippen LogP contribution in [-0.2, 0) is 6.42 Å². The van der Waals surface area contributed by atoms with Crippen LogP contribution in [0.3, 0.4) is 0 Å². The molecule has 1 unspecified atom stereocenters. The normalized spacial score (nSPS) is 19.7. The van der Waals surface area contributed by atoms with Crippen molar-refractivity contribution in [3.05, 3.63) is 28.2 Å². The summed E-state index contributed by atoms with van der Waals surface area (Å²) in [4.78, 5) is 2.43. The van der Waals surface area contributed by atoms with Crippen LogP contribution in [0, 0.1) is 0 Å². The van der Waals surface area contributed by atoms with Crippen molar-refractivity contribution in [2.24, 2.45) is 0 Å². The molecule has 1 heterocycles. The molecular weight excluding hydrogens is 264 g/mol.